The van der Waals surface area contributed by atoms with Crippen LogP contribution in [0.25, 0.3) is 0 Å². The van der Waals surface area contributed by atoms with Gasteiger partial charge in [-0.15, -0.1) is 0 Å². The molecule has 1 saturated carbocycles. The van der Waals surface area contributed by atoms with Crippen LogP contribution in [0.3, 0.4) is 0 Å². The maximum absolute atomic E-state index is 12.0. The minimum Gasteiger partial charge on any atom is -0.243 e. The predicted molar refractivity (Wildman–Crippen MR) is 66.4 cm³/mol. The maximum Gasteiger partial charge on any atom is 0.242 e. The molecule has 1 atom stereocenters. The van der Waals surface area contributed by atoms with Gasteiger partial charge in [0.05, 0.1) is 0 Å². The van der Waals surface area contributed by atoms with E-state index in [9.17, 15) is 8.42 Å². The minimum atomic E-state index is -3.47. The SMILES string of the molecule is CC(NS(=O)(=O)c1ccc(Cl)nc1)C1CCC1. The fraction of sp³-hybridized carbons (Fsp3) is 0.545. The monoisotopic (exact) mass is 274 g/mol. The molecule has 1 fully saturated rings. The van der Waals surface area contributed by atoms with Gasteiger partial charge in [-0.2, -0.15) is 0 Å². The van der Waals surface area contributed by atoms with Crippen LogP contribution in [-0.4, -0.2) is 19.4 Å². The van der Waals surface area contributed by atoms with Gasteiger partial charge in [-0.1, -0.05) is 18.0 Å². The zero-order valence-electron chi connectivity index (χ0n) is 9.56. The second kappa shape index (κ2) is 4.92. The Hall–Kier alpha value is -0.650. The topological polar surface area (TPSA) is 59.1 Å². The van der Waals surface area contributed by atoms with Gasteiger partial charge in [0.15, 0.2) is 0 Å². The summed E-state index contributed by atoms with van der Waals surface area (Å²) in [7, 11) is -3.47. The molecule has 1 aliphatic rings. The lowest BCUT2D eigenvalue weighted by atomic mass is 9.81. The number of sulfonamides is 1. The van der Waals surface area contributed by atoms with Gasteiger partial charge >= 0.3 is 0 Å². The van der Waals surface area contributed by atoms with Crippen LogP contribution >= 0.6 is 11.6 Å². The van der Waals surface area contributed by atoms with Gasteiger partial charge in [0.1, 0.15) is 10.0 Å². The fourth-order valence-corrected chi connectivity index (χ4v) is 3.24. The first-order valence-electron chi connectivity index (χ1n) is 5.63. The average Bonchev–Trinajstić information content (AvgIpc) is 2.14. The number of halogens is 1. The van der Waals surface area contributed by atoms with E-state index in [1.165, 1.54) is 24.8 Å². The standard InChI is InChI=1S/C11H15ClN2O2S/c1-8(9-3-2-4-9)14-17(15,16)10-5-6-11(12)13-7-10/h5-9,14H,2-4H2,1H3. The van der Waals surface area contributed by atoms with Crippen LogP contribution in [0.15, 0.2) is 23.2 Å². The smallest absolute Gasteiger partial charge is 0.242 e. The first-order chi connectivity index (χ1) is 7.99. The Bertz CT molecular complexity index is 483. The Balaban J connectivity index is 2.10. The first-order valence-corrected chi connectivity index (χ1v) is 7.49. The number of aromatic nitrogens is 1. The normalized spacial score (nSPS) is 18.7. The molecule has 17 heavy (non-hydrogen) atoms. The van der Waals surface area contributed by atoms with E-state index in [0.29, 0.717) is 5.92 Å². The third kappa shape index (κ3) is 2.97. The van der Waals surface area contributed by atoms with E-state index in [4.69, 9.17) is 11.6 Å². The van der Waals surface area contributed by atoms with Crippen LogP contribution in [0.5, 0.6) is 0 Å². The highest BCUT2D eigenvalue weighted by molar-refractivity contribution is 7.89. The molecule has 6 heteroatoms. The fourth-order valence-electron chi connectivity index (χ4n) is 1.87. The second-order valence-electron chi connectivity index (χ2n) is 4.42. The zero-order valence-corrected chi connectivity index (χ0v) is 11.1. The Labute approximate surface area is 106 Å². The Kier molecular flexibility index (Phi) is 3.70. The maximum atomic E-state index is 12.0. The Morgan fingerprint density at radius 1 is 1.47 bits per heavy atom. The Morgan fingerprint density at radius 3 is 2.65 bits per heavy atom. The summed E-state index contributed by atoms with van der Waals surface area (Å²) in [5.41, 5.74) is 0. The molecule has 1 N–H and O–H groups in total. The number of pyridine rings is 1. The highest BCUT2D eigenvalue weighted by Crippen LogP contribution is 2.30. The largest absolute Gasteiger partial charge is 0.243 e. The minimum absolute atomic E-state index is 0.0237. The quantitative estimate of drug-likeness (QED) is 0.857. The van der Waals surface area contributed by atoms with Crippen molar-refractivity contribution in [2.75, 3.05) is 0 Å². The van der Waals surface area contributed by atoms with Gasteiger partial charge in [-0.25, -0.2) is 18.1 Å². The van der Waals surface area contributed by atoms with Crippen molar-refractivity contribution in [1.82, 2.24) is 9.71 Å². The summed E-state index contributed by atoms with van der Waals surface area (Å²) >= 11 is 5.62. The van der Waals surface area contributed by atoms with Crippen molar-refractivity contribution in [2.24, 2.45) is 5.92 Å². The molecule has 1 aromatic rings. The molecule has 0 saturated heterocycles. The average molecular weight is 275 g/mol. The van der Waals surface area contributed by atoms with Crippen molar-refractivity contribution in [1.29, 1.82) is 0 Å². The number of rotatable bonds is 4. The van der Waals surface area contributed by atoms with Gasteiger partial charge in [-0.3, -0.25) is 0 Å². The van der Waals surface area contributed by atoms with Crippen molar-refractivity contribution < 1.29 is 8.42 Å². The van der Waals surface area contributed by atoms with Gasteiger partial charge in [0.25, 0.3) is 0 Å². The van der Waals surface area contributed by atoms with E-state index in [0.717, 1.165) is 12.8 Å². The van der Waals surface area contributed by atoms with Crippen molar-refractivity contribution in [3.63, 3.8) is 0 Å². The predicted octanol–water partition coefficient (Wildman–Crippen LogP) is 2.20. The van der Waals surface area contributed by atoms with Gasteiger partial charge in [0, 0.05) is 12.2 Å². The van der Waals surface area contributed by atoms with Crippen molar-refractivity contribution in [3.05, 3.63) is 23.5 Å². The van der Waals surface area contributed by atoms with Crippen LogP contribution in [0, 0.1) is 5.92 Å². The molecule has 0 spiro atoms. The molecule has 0 aliphatic heterocycles. The number of nitrogens with zero attached hydrogens (tertiary/aromatic N) is 1. The Morgan fingerprint density at radius 2 is 2.18 bits per heavy atom. The highest BCUT2D eigenvalue weighted by atomic mass is 35.5. The number of hydrogen-bond donors (Lipinski definition) is 1. The first kappa shape index (κ1) is 12.8. The van der Waals surface area contributed by atoms with E-state index < -0.39 is 10.0 Å². The molecular formula is C11H15ClN2O2S. The van der Waals surface area contributed by atoms with Crippen LogP contribution in [0.2, 0.25) is 5.15 Å². The number of nitrogens with one attached hydrogen (secondary N) is 1. The molecule has 2 rings (SSSR count). The molecule has 1 unspecified atom stereocenters. The molecule has 1 aliphatic carbocycles. The molecule has 1 aromatic heterocycles. The molecular weight excluding hydrogens is 260 g/mol. The van der Waals surface area contributed by atoms with Crippen LogP contribution in [0.4, 0.5) is 0 Å². The van der Waals surface area contributed by atoms with Crippen LogP contribution in [-0.2, 0) is 10.0 Å². The summed E-state index contributed by atoms with van der Waals surface area (Å²) in [6.07, 6.45) is 4.67. The lowest BCUT2D eigenvalue weighted by molar-refractivity contribution is 0.260. The van der Waals surface area contributed by atoms with Crippen molar-refractivity contribution in [2.45, 2.75) is 37.1 Å². The molecule has 1 heterocycles. The second-order valence-corrected chi connectivity index (χ2v) is 6.52. The van der Waals surface area contributed by atoms with E-state index in [-0.39, 0.29) is 16.1 Å². The summed E-state index contributed by atoms with van der Waals surface area (Å²) < 4.78 is 26.7. The summed E-state index contributed by atoms with van der Waals surface area (Å²) in [6, 6.07) is 2.92. The van der Waals surface area contributed by atoms with E-state index in [1.807, 2.05) is 6.92 Å². The van der Waals surface area contributed by atoms with E-state index in [2.05, 4.69) is 9.71 Å². The van der Waals surface area contributed by atoms with Crippen LogP contribution in [0.1, 0.15) is 26.2 Å². The van der Waals surface area contributed by atoms with Gasteiger partial charge < -0.3 is 0 Å². The lowest BCUT2D eigenvalue weighted by Crippen LogP contribution is -2.40. The highest BCUT2D eigenvalue weighted by Gasteiger charge is 2.27. The van der Waals surface area contributed by atoms with Crippen molar-refractivity contribution >= 4 is 21.6 Å². The molecule has 0 radical (unpaired) electrons. The van der Waals surface area contributed by atoms with E-state index in [1.54, 1.807) is 0 Å². The molecule has 0 amide bonds. The van der Waals surface area contributed by atoms with Gasteiger partial charge in [-0.05, 0) is 37.8 Å². The molecule has 4 nitrogen and oxygen atoms in total. The summed E-state index contributed by atoms with van der Waals surface area (Å²) in [5, 5.41) is 0.288. The van der Waals surface area contributed by atoms with E-state index >= 15 is 0 Å². The third-order valence-electron chi connectivity index (χ3n) is 3.21. The summed E-state index contributed by atoms with van der Waals surface area (Å²) in [4.78, 5) is 3.94. The van der Waals surface area contributed by atoms with Crippen LogP contribution < -0.4 is 4.72 Å². The molecule has 0 bridgehead atoms. The third-order valence-corrected chi connectivity index (χ3v) is 4.98. The van der Waals surface area contributed by atoms with Crippen molar-refractivity contribution in [3.8, 4) is 0 Å². The summed E-state index contributed by atoms with van der Waals surface area (Å²) in [5.74, 6) is 0.463. The lowest BCUT2D eigenvalue weighted by Gasteiger charge is -2.31. The zero-order chi connectivity index (χ0) is 12.5. The number of hydrogen-bond acceptors (Lipinski definition) is 3. The molecule has 94 valence electrons. The van der Waals surface area contributed by atoms with Gasteiger partial charge in [0.2, 0.25) is 10.0 Å². The summed E-state index contributed by atoms with van der Waals surface area (Å²) in [6.45, 7) is 1.91. The molecule has 0 aromatic carbocycles.